The Morgan fingerprint density at radius 2 is 2.06 bits per heavy atom. The van der Waals surface area contributed by atoms with E-state index in [-0.39, 0.29) is 17.3 Å². The first-order chi connectivity index (χ1) is 7.94. The zero-order valence-corrected chi connectivity index (χ0v) is 11.0. The monoisotopic (exact) mass is 259 g/mol. The molecule has 1 aromatic rings. The van der Waals surface area contributed by atoms with E-state index in [1.165, 1.54) is 12.1 Å². The fourth-order valence-electron chi connectivity index (χ4n) is 1.45. The average molecular weight is 259 g/mol. The van der Waals surface area contributed by atoms with Gasteiger partial charge in [0.25, 0.3) is 0 Å². The van der Waals surface area contributed by atoms with Crippen molar-refractivity contribution in [3.8, 4) is 0 Å². The molecule has 0 spiro atoms. The number of rotatable bonds is 6. The van der Waals surface area contributed by atoms with Crippen LogP contribution in [0.1, 0.15) is 18.1 Å². The van der Waals surface area contributed by atoms with Gasteiger partial charge in [-0.15, -0.1) is 0 Å². The largest absolute Gasteiger partial charge is 0.312 e. The van der Waals surface area contributed by atoms with Gasteiger partial charge in [-0.25, -0.2) is 12.8 Å². The van der Waals surface area contributed by atoms with Crippen LogP contribution in [0.15, 0.2) is 18.2 Å². The molecule has 0 amide bonds. The summed E-state index contributed by atoms with van der Waals surface area (Å²) in [5, 5.41) is 3.05. The lowest BCUT2D eigenvalue weighted by Crippen LogP contribution is -2.23. The van der Waals surface area contributed by atoms with Crippen LogP contribution in [0.25, 0.3) is 0 Å². The molecule has 96 valence electrons. The van der Waals surface area contributed by atoms with Crippen LogP contribution in [0.3, 0.4) is 0 Å². The fraction of sp³-hybridized carbons (Fsp3) is 0.500. The molecule has 17 heavy (non-hydrogen) atoms. The van der Waals surface area contributed by atoms with Gasteiger partial charge in [0.1, 0.15) is 5.82 Å². The topological polar surface area (TPSA) is 46.2 Å². The number of hydrogen-bond acceptors (Lipinski definition) is 3. The standard InChI is InChI=1S/C12H18FNO2S/c1-3-17(15,16)7-6-14-9-11-4-5-12(13)8-10(11)2/h4-5,8,14H,3,6-7,9H2,1-2H3. The van der Waals surface area contributed by atoms with Gasteiger partial charge < -0.3 is 5.32 Å². The van der Waals surface area contributed by atoms with E-state index in [0.717, 1.165) is 11.1 Å². The first kappa shape index (κ1) is 14.1. The summed E-state index contributed by atoms with van der Waals surface area (Å²) in [6, 6.07) is 4.60. The Kier molecular flexibility index (Phi) is 5.08. The second-order valence-electron chi connectivity index (χ2n) is 3.98. The SMILES string of the molecule is CCS(=O)(=O)CCNCc1ccc(F)cc1C. The van der Waals surface area contributed by atoms with Gasteiger partial charge in [0.2, 0.25) is 0 Å². The van der Waals surface area contributed by atoms with Gasteiger partial charge in [-0.1, -0.05) is 13.0 Å². The van der Waals surface area contributed by atoms with Gasteiger partial charge in [-0.3, -0.25) is 0 Å². The summed E-state index contributed by atoms with van der Waals surface area (Å²) in [6.07, 6.45) is 0. The van der Waals surface area contributed by atoms with Crippen LogP contribution >= 0.6 is 0 Å². The molecule has 0 fully saturated rings. The Labute approximate surface area is 102 Å². The minimum absolute atomic E-state index is 0.143. The highest BCUT2D eigenvalue weighted by molar-refractivity contribution is 7.91. The van der Waals surface area contributed by atoms with Gasteiger partial charge in [-0.2, -0.15) is 0 Å². The molecule has 0 aliphatic carbocycles. The molecule has 0 aliphatic rings. The van der Waals surface area contributed by atoms with Crippen LogP contribution in [0.4, 0.5) is 4.39 Å². The van der Waals surface area contributed by atoms with Crippen molar-refractivity contribution >= 4 is 9.84 Å². The van der Waals surface area contributed by atoms with E-state index in [9.17, 15) is 12.8 Å². The predicted molar refractivity (Wildman–Crippen MR) is 67.2 cm³/mol. The van der Waals surface area contributed by atoms with Crippen molar-refractivity contribution in [2.75, 3.05) is 18.1 Å². The Balaban J connectivity index is 2.41. The Morgan fingerprint density at radius 3 is 2.65 bits per heavy atom. The van der Waals surface area contributed by atoms with E-state index in [1.807, 2.05) is 6.92 Å². The number of sulfone groups is 1. The van der Waals surface area contributed by atoms with Gasteiger partial charge in [0.05, 0.1) is 5.75 Å². The van der Waals surface area contributed by atoms with E-state index in [1.54, 1.807) is 13.0 Å². The summed E-state index contributed by atoms with van der Waals surface area (Å²) in [7, 11) is -2.91. The van der Waals surface area contributed by atoms with Crippen molar-refractivity contribution < 1.29 is 12.8 Å². The Bertz CT molecular complexity index is 471. The third-order valence-electron chi connectivity index (χ3n) is 2.65. The lowest BCUT2D eigenvalue weighted by atomic mass is 10.1. The summed E-state index contributed by atoms with van der Waals surface area (Å²) in [5.41, 5.74) is 1.86. The number of hydrogen-bond donors (Lipinski definition) is 1. The zero-order chi connectivity index (χ0) is 12.9. The molecule has 0 aliphatic heterocycles. The van der Waals surface area contributed by atoms with Crippen LogP contribution < -0.4 is 5.32 Å². The van der Waals surface area contributed by atoms with Crippen molar-refractivity contribution in [1.29, 1.82) is 0 Å². The molecule has 1 rings (SSSR count). The predicted octanol–water partition coefficient (Wildman–Crippen LogP) is 1.66. The van der Waals surface area contributed by atoms with Crippen LogP contribution in [-0.4, -0.2) is 26.5 Å². The molecule has 1 N–H and O–H groups in total. The highest BCUT2D eigenvalue weighted by Crippen LogP contribution is 2.09. The highest BCUT2D eigenvalue weighted by atomic mass is 32.2. The van der Waals surface area contributed by atoms with Crippen molar-refractivity contribution in [3.63, 3.8) is 0 Å². The van der Waals surface area contributed by atoms with Crippen molar-refractivity contribution in [2.24, 2.45) is 0 Å². The van der Waals surface area contributed by atoms with Gasteiger partial charge in [-0.05, 0) is 30.2 Å². The van der Waals surface area contributed by atoms with Crippen molar-refractivity contribution in [1.82, 2.24) is 5.32 Å². The molecule has 1 aromatic carbocycles. The summed E-state index contributed by atoms with van der Waals surface area (Å²) >= 11 is 0. The van der Waals surface area contributed by atoms with E-state index in [4.69, 9.17) is 0 Å². The highest BCUT2D eigenvalue weighted by Gasteiger charge is 2.06. The molecule has 0 radical (unpaired) electrons. The maximum Gasteiger partial charge on any atom is 0.151 e. The molecule has 0 unspecified atom stereocenters. The molecule has 0 saturated heterocycles. The third kappa shape index (κ3) is 4.83. The van der Waals surface area contributed by atoms with Crippen LogP contribution in [0.5, 0.6) is 0 Å². The summed E-state index contributed by atoms with van der Waals surface area (Å²) in [5.74, 6) is 0.0633. The number of nitrogens with one attached hydrogen (secondary N) is 1. The smallest absolute Gasteiger partial charge is 0.151 e. The molecule has 5 heteroatoms. The number of benzene rings is 1. The van der Waals surface area contributed by atoms with Gasteiger partial charge in [0, 0.05) is 18.8 Å². The molecule has 0 atom stereocenters. The lowest BCUT2D eigenvalue weighted by molar-refractivity contribution is 0.591. The fourth-order valence-corrected chi connectivity index (χ4v) is 2.20. The quantitative estimate of drug-likeness (QED) is 0.790. The Morgan fingerprint density at radius 1 is 1.35 bits per heavy atom. The second kappa shape index (κ2) is 6.12. The molecular formula is C12H18FNO2S. The van der Waals surface area contributed by atoms with E-state index in [0.29, 0.717) is 13.1 Å². The zero-order valence-electron chi connectivity index (χ0n) is 10.2. The Hall–Kier alpha value is -0.940. The number of aryl methyl sites for hydroxylation is 1. The second-order valence-corrected chi connectivity index (χ2v) is 6.46. The third-order valence-corrected chi connectivity index (χ3v) is 4.36. The van der Waals surface area contributed by atoms with E-state index in [2.05, 4.69) is 5.32 Å². The minimum Gasteiger partial charge on any atom is -0.312 e. The number of halogens is 1. The molecule has 0 bridgehead atoms. The van der Waals surface area contributed by atoms with Crippen molar-refractivity contribution in [2.45, 2.75) is 20.4 Å². The molecule has 0 heterocycles. The normalized spacial score (nSPS) is 11.7. The van der Waals surface area contributed by atoms with E-state index >= 15 is 0 Å². The first-order valence-corrected chi connectivity index (χ1v) is 7.43. The first-order valence-electron chi connectivity index (χ1n) is 5.61. The molecule has 0 aromatic heterocycles. The molecular weight excluding hydrogens is 241 g/mol. The van der Waals surface area contributed by atoms with E-state index < -0.39 is 9.84 Å². The van der Waals surface area contributed by atoms with Crippen LogP contribution in [0, 0.1) is 12.7 Å². The maximum absolute atomic E-state index is 12.8. The van der Waals surface area contributed by atoms with Gasteiger partial charge >= 0.3 is 0 Å². The minimum atomic E-state index is -2.91. The van der Waals surface area contributed by atoms with Crippen molar-refractivity contribution in [3.05, 3.63) is 35.1 Å². The molecule has 3 nitrogen and oxygen atoms in total. The summed E-state index contributed by atoms with van der Waals surface area (Å²) in [6.45, 7) is 4.46. The average Bonchev–Trinajstić information content (AvgIpc) is 2.27. The summed E-state index contributed by atoms with van der Waals surface area (Å²) < 4.78 is 35.3. The summed E-state index contributed by atoms with van der Waals surface area (Å²) in [4.78, 5) is 0. The maximum atomic E-state index is 12.8. The van der Waals surface area contributed by atoms with Gasteiger partial charge in [0.15, 0.2) is 9.84 Å². The lowest BCUT2D eigenvalue weighted by Gasteiger charge is -2.07. The van der Waals surface area contributed by atoms with Crippen LogP contribution in [0.2, 0.25) is 0 Å². The van der Waals surface area contributed by atoms with Crippen LogP contribution in [-0.2, 0) is 16.4 Å². The molecule has 0 saturated carbocycles.